The van der Waals surface area contributed by atoms with Gasteiger partial charge in [0.2, 0.25) is 10.0 Å². The average molecular weight is 385 g/mol. The van der Waals surface area contributed by atoms with Gasteiger partial charge in [0.1, 0.15) is 23.0 Å². The van der Waals surface area contributed by atoms with Crippen molar-refractivity contribution < 1.29 is 31.7 Å². The molecule has 2 N–H and O–H groups in total. The number of nitrogens with one attached hydrogen (secondary N) is 2. The van der Waals surface area contributed by atoms with Gasteiger partial charge in [0.15, 0.2) is 12.4 Å². The molecule has 0 aliphatic rings. The molecule has 1 heterocycles. The van der Waals surface area contributed by atoms with E-state index in [4.69, 9.17) is 4.52 Å². The van der Waals surface area contributed by atoms with Crippen molar-refractivity contribution >= 4 is 27.6 Å². The first-order valence-electron chi connectivity index (χ1n) is 7.32. The molecular formula is C15H16FN3O6S. The Balaban J connectivity index is 1.83. The molecule has 0 saturated carbocycles. The lowest BCUT2D eigenvalue weighted by Crippen LogP contribution is -2.32. The van der Waals surface area contributed by atoms with Crippen LogP contribution in [0.5, 0.6) is 0 Å². The molecule has 0 spiro atoms. The molecule has 1 aromatic carbocycles. The van der Waals surface area contributed by atoms with E-state index in [1.54, 1.807) is 0 Å². The molecule has 1 aromatic heterocycles. The molecule has 1 amide bonds. The van der Waals surface area contributed by atoms with Crippen LogP contribution < -0.4 is 10.0 Å². The van der Waals surface area contributed by atoms with Crippen molar-refractivity contribution in [2.45, 2.75) is 18.7 Å². The first-order valence-corrected chi connectivity index (χ1v) is 8.81. The number of hydrogen-bond donors (Lipinski definition) is 2. The van der Waals surface area contributed by atoms with Crippen LogP contribution in [0.1, 0.15) is 11.5 Å². The minimum absolute atomic E-state index is 0.0813. The quantitative estimate of drug-likeness (QED) is 0.678. The summed E-state index contributed by atoms with van der Waals surface area (Å²) in [5, 5.41) is 5.86. The second-order valence-corrected chi connectivity index (χ2v) is 6.90. The molecule has 140 valence electrons. The van der Waals surface area contributed by atoms with Gasteiger partial charge in [-0.3, -0.25) is 9.59 Å². The number of esters is 1. The summed E-state index contributed by atoms with van der Waals surface area (Å²) in [6.07, 6.45) is 0. The zero-order chi connectivity index (χ0) is 19.3. The molecule has 0 aliphatic carbocycles. The van der Waals surface area contributed by atoms with Gasteiger partial charge in [-0.1, -0.05) is 11.2 Å². The van der Waals surface area contributed by atoms with E-state index >= 15 is 0 Å². The molecule has 26 heavy (non-hydrogen) atoms. The Morgan fingerprint density at radius 3 is 2.65 bits per heavy atom. The molecule has 0 bridgehead atoms. The summed E-state index contributed by atoms with van der Waals surface area (Å²) in [4.78, 5) is 23.1. The van der Waals surface area contributed by atoms with Crippen LogP contribution in [0.2, 0.25) is 0 Å². The summed E-state index contributed by atoms with van der Waals surface area (Å²) >= 11 is 0. The molecule has 0 saturated heterocycles. The van der Waals surface area contributed by atoms with Crippen LogP contribution in [0.15, 0.2) is 33.7 Å². The largest absolute Gasteiger partial charge is 0.455 e. The van der Waals surface area contributed by atoms with Crippen molar-refractivity contribution in [3.8, 4) is 0 Å². The summed E-state index contributed by atoms with van der Waals surface area (Å²) < 4.78 is 48.7. The summed E-state index contributed by atoms with van der Waals surface area (Å²) in [6, 6.07) is 5.17. The maximum atomic E-state index is 13.0. The van der Waals surface area contributed by atoms with Crippen molar-refractivity contribution in [2.75, 3.05) is 18.5 Å². The van der Waals surface area contributed by atoms with Crippen LogP contribution in [0.3, 0.4) is 0 Å². The maximum Gasteiger partial charge on any atom is 0.321 e. The lowest BCUT2D eigenvalue weighted by atomic mass is 10.3. The lowest BCUT2D eigenvalue weighted by Gasteiger charge is -2.08. The second-order valence-electron chi connectivity index (χ2n) is 5.20. The molecule has 0 atom stereocenters. The number of ether oxygens (including phenoxy) is 1. The zero-order valence-corrected chi connectivity index (χ0v) is 14.7. The van der Waals surface area contributed by atoms with Gasteiger partial charge < -0.3 is 14.6 Å². The highest BCUT2D eigenvalue weighted by Gasteiger charge is 2.25. The number of benzene rings is 1. The molecule has 2 rings (SSSR count). The van der Waals surface area contributed by atoms with Gasteiger partial charge >= 0.3 is 5.97 Å². The highest BCUT2D eigenvalue weighted by molar-refractivity contribution is 7.89. The van der Waals surface area contributed by atoms with Gasteiger partial charge in [0, 0.05) is 5.69 Å². The predicted molar refractivity (Wildman–Crippen MR) is 87.2 cm³/mol. The Hall–Kier alpha value is -2.79. The third kappa shape index (κ3) is 5.10. The number of aryl methyl sites for hydroxylation is 2. The van der Waals surface area contributed by atoms with Crippen molar-refractivity contribution in [3.63, 3.8) is 0 Å². The molecule has 0 fully saturated rings. The van der Waals surface area contributed by atoms with E-state index in [1.165, 1.54) is 32.0 Å². The van der Waals surface area contributed by atoms with E-state index in [0.717, 1.165) is 6.07 Å². The van der Waals surface area contributed by atoms with E-state index in [1.807, 2.05) is 4.72 Å². The first kappa shape index (κ1) is 19.5. The number of anilines is 1. The molecule has 2 aromatic rings. The molecule has 0 unspecified atom stereocenters. The van der Waals surface area contributed by atoms with Crippen LogP contribution in [0, 0.1) is 19.7 Å². The Kier molecular flexibility index (Phi) is 6.05. The third-order valence-corrected chi connectivity index (χ3v) is 4.76. The molecule has 0 aliphatic heterocycles. The van der Waals surface area contributed by atoms with E-state index in [2.05, 4.69) is 15.2 Å². The number of hydrogen-bond acceptors (Lipinski definition) is 7. The summed E-state index contributed by atoms with van der Waals surface area (Å²) in [5.74, 6) is -2.11. The summed E-state index contributed by atoms with van der Waals surface area (Å²) in [5.41, 5.74) is 0.350. The van der Waals surface area contributed by atoms with E-state index < -0.39 is 40.9 Å². The standard InChI is InChI=1S/C15H16FN3O6S/c1-9-15(10(2)25-19-9)26(22,23)17-7-14(21)24-8-13(20)18-12-5-3-4-11(16)6-12/h3-6,17H,7-8H2,1-2H3,(H,18,20). The number of rotatable bonds is 7. The smallest absolute Gasteiger partial charge is 0.321 e. The number of carbonyl (C=O) groups excluding carboxylic acids is 2. The summed E-state index contributed by atoms with van der Waals surface area (Å²) in [6.45, 7) is 1.53. The van der Waals surface area contributed by atoms with Crippen molar-refractivity contribution in [3.05, 3.63) is 41.5 Å². The van der Waals surface area contributed by atoms with Gasteiger partial charge in [-0.15, -0.1) is 0 Å². The highest BCUT2D eigenvalue weighted by Crippen LogP contribution is 2.18. The number of aromatic nitrogens is 1. The van der Waals surface area contributed by atoms with Gasteiger partial charge in [-0.05, 0) is 32.0 Å². The van der Waals surface area contributed by atoms with Gasteiger partial charge in [0.25, 0.3) is 5.91 Å². The second kappa shape index (κ2) is 8.06. The van der Waals surface area contributed by atoms with Gasteiger partial charge in [-0.25, -0.2) is 12.8 Å². The Morgan fingerprint density at radius 1 is 1.31 bits per heavy atom. The number of amides is 1. The number of nitrogens with zero attached hydrogens (tertiary/aromatic N) is 1. The normalized spacial score (nSPS) is 11.2. The SMILES string of the molecule is Cc1noc(C)c1S(=O)(=O)NCC(=O)OCC(=O)Nc1cccc(F)c1. The van der Waals surface area contributed by atoms with E-state index in [0.29, 0.717) is 0 Å². The van der Waals surface area contributed by atoms with Crippen LogP contribution in [-0.2, 0) is 24.3 Å². The molecule has 11 heteroatoms. The van der Waals surface area contributed by atoms with Crippen LogP contribution in [-0.4, -0.2) is 38.6 Å². The van der Waals surface area contributed by atoms with Gasteiger partial charge in [-0.2, -0.15) is 4.72 Å². The fourth-order valence-corrected chi connectivity index (χ4v) is 3.34. The highest BCUT2D eigenvalue weighted by atomic mass is 32.2. The Morgan fingerprint density at radius 2 is 2.04 bits per heavy atom. The topological polar surface area (TPSA) is 128 Å². The molecular weight excluding hydrogens is 369 g/mol. The summed E-state index contributed by atoms with van der Waals surface area (Å²) in [7, 11) is -4.01. The van der Waals surface area contributed by atoms with E-state index in [9.17, 15) is 22.4 Å². The van der Waals surface area contributed by atoms with E-state index in [-0.39, 0.29) is 22.0 Å². The Labute approximate surface area is 148 Å². The molecule has 9 nitrogen and oxygen atoms in total. The van der Waals surface area contributed by atoms with Crippen LogP contribution in [0.4, 0.5) is 10.1 Å². The fraction of sp³-hybridized carbons (Fsp3) is 0.267. The maximum absolute atomic E-state index is 13.0. The third-order valence-electron chi connectivity index (χ3n) is 3.12. The average Bonchev–Trinajstić information content (AvgIpc) is 2.90. The van der Waals surface area contributed by atoms with Crippen molar-refractivity contribution in [1.29, 1.82) is 0 Å². The van der Waals surface area contributed by atoms with Crippen LogP contribution in [0.25, 0.3) is 0 Å². The minimum atomic E-state index is -4.01. The number of halogens is 1. The van der Waals surface area contributed by atoms with Crippen molar-refractivity contribution in [2.24, 2.45) is 0 Å². The predicted octanol–water partition coefficient (Wildman–Crippen LogP) is 0.891. The van der Waals surface area contributed by atoms with Crippen LogP contribution >= 0.6 is 0 Å². The number of carbonyl (C=O) groups is 2. The van der Waals surface area contributed by atoms with Crippen molar-refractivity contribution in [1.82, 2.24) is 9.88 Å². The number of sulfonamides is 1. The molecule has 0 radical (unpaired) electrons. The lowest BCUT2D eigenvalue weighted by molar-refractivity contribution is -0.146. The minimum Gasteiger partial charge on any atom is -0.455 e. The fourth-order valence-electron chi connectivity index (χ4n) is 2.04. The monoisotopic (exact) mass is 385 g/mol. The Bertz CT molecular complexity index is 906. The van der Waals surface area contributed by atoms with Gasteiger partial charge in [0.05, 0.1) is 0 Å². The zero-order valence-electron chi connectivity index (χ0n) is 13.9. The first-order chi connectivity index (χ1) is 12.2.